The number of benzene rings is 1. The van der Waals surface area contributed by atoms with Gasteiger partial charge in [-0.3, -0.25) is 10.1 Å². The van der Waals surface area contributed by atoms with Gasteiger partial charge in [-0.05, 0) is 11.6 Å². The summed E-state index contributed by atoms with van der Waals surface area (Å²) >= 11 is 5.48. The lowest BCUT2D eigenvalue weighted by atomic mass is 10.1. The first kappa shape index (κ1) is 9.92. The minimum absolute atomic E-state index is 0.000785. The fourth-order valence-corrected chi connectivity index (χ4v) is 1.15. The maximum Gasteiger partial charge on any atom is 0.208 e. The Morgan fingerprint density at radius 1 is 1.54 bits per heavy atom. The van der Waals surface area contributed by atoms with Crippen LogP contribution < -0.4 is 0 Å². The van der Waals surface area contributed by atoms with E-state index in [2.05, 4.69) is 0 Å². The molecule has 0 spiro atoms. The molecule has 0 atom stereocenters. The smallest absolute Gasteiger partial charge is 0.208 e. The molecule has 3 nitrogen and oxygen atoms in total. The van der Waals surface area contributed by atoms with E-state index in [-0.39, 0.29) is 23.6 Å². The van der Waals surface area contributed by atoms with Gasteiger partial charge in [0.15, 0.2) is 0 Å². The summed E-state index contributed by atoms with van der Waals surface area (Å²) in [6.07, 6.45) is 0.0688. The number of nitro groups is 1. The molecular formula is C8H7ClFNO2. The molecular weight excluding hydrogens is 197 g/mol. The summed E-state index contributed by atoms with van der Waals surface area (Å²) in [6.45, 7) is -0.280. The van der Waals surface area contributed by atoms with Crippen LogP contribution >= 0.6 is 11.6 Å². The molecule has 13 heavy (non-hydrogen) atoms. The summed E-state index contributed by atoms with van der Waals surface area (Å²) in [5.41, 5.74) is 0.282. The van der Waals surface area contributed by atoms with Crippen molar-refractivity contribution in [1.82, 2.24) is 0 Å². The van der Waals surface area contributed by atoms with Gasteiger partial charge in [0.25, 0.3) is 0 Å². The third kappa shape index (κ3) is 2.66. The molecule has 1 aromatic carbocycles. The molecule has 0 aliphatic rings. The molecule has 0 aliphatic heterocycles. The Morgan fingerprint density at radius 3 is 2.85 bits per heavy atom. The molecule has 0 fully saturated rings. The molecule has 0 bridgehead atoms. The van der Waals surface area contributed by atoms with Gasteiger partial charge in [-0.25, -0.2) is 4.39 Å². The molecule has 0 saturated carbocycles. The van der Waals surface area contributed by atoms with Gasteiger partial charge in [-0.15, -0.1) is 0 Å². The van der Waals surface area contributed by atoms with Crippen LogP contribution in [-0.4, -0.2) is 11.5 Å². The van der Waals surface area contributed by atoms with E-state index in [9.17, 15) is 14.5 Å². The van der Waals surface area contributed by atoms with E-state index in [0.717, 1.165) is 0 Å². The van der Waals surface area contributed by atoms with Crippen LogP contribution in [0.2, 0.25) is 5.02 Å². The van der Waals surface area contributed by atoms with Gasteiger partial charge < -0.3 is 0 Å². The average molecular weight is 204 g/mol. The second-order valence-corrected chi connectivity index (χ2v) is 2.93. The molecule has 70 valence electrons. The van der Waals surface area contributed by atoms with Crippen LogP contribution in [0.3, 0.4) is 0 Å². The zero-order valence-electron chi connectivity index (χ0n) is 6.67. The zero-order chi connectivity index (χ0) is 9.84. The molecule has 0 aliphatic carbocycles. The van der Waals surface area contributed by atoms with Gasteiger partial charge in [-0.2, -0.15) is 0 Å². The lowest BCUT2D eigenvalue weighted by molar-refractivity contribution is -0.479. The molecule has 0 aromatic heterocycles. The lowest BCUT2D eigenvalue weighted by Crippen LogP contribution is -2.05. The van der Waals surface area contributed by atoms with E-state index in [0.29, 0.717) is 0 Å². The van der Waals surface area contributed by atoms with Crippen molar-refractivity contribution in [3.63, 3.8) is 0 Å². The van der Waals surface area contributed by atoms with E-state index in [1.165, 1.54) is 12.1 Å². The van der Waals surface area contributed by atoms with Crippen LogP contribution in [0.5, 0.6) is 0 Å². The monoisotopic (exact) mass is 203 g/mol. The van der Waals surface area contributed by atoms with E-state index in [4.69, 9.17) is 11.6 Å². The Bertz CT molecular complexity index is 330. The number of nitrogens with zero attached hydrogens (tertiary/aromatic N) is 1. The van der Waals surface area contributed by atoms with Crippen molar-refractivity contribution in [2.24, 2.45) is 0 Å². The average Bonchev–Trinajstić information content (AvgIpc) is 2.07. The minimum atomic E-state index is -0.564. The van der Waals surface area contributed by atoms with Gasteiger partial charge in [0.2, 0.25) is 6.54 Å². The highest BCUT2D eigenvalue weighted by Gasteiger charge is 2.08. The molecule has 5 heteroatoms. The van der Waals surface area contributed by atoms with E-state index >= 15 is 0 Å². The Balaban J connectivity index is 2.77. The fraction of sp³-hybridized carbons (Fsp3) is 0.250. The summed E-state index contributed by atoms with van der Waals surface area (Å²) in [4.78, 5) is 9.53. The molecule has 1 aromatic rings. The van der Waals surface area contributed by atoms with Crippen LogP contribution in [0.4, 0.5) is 4.39 Å². The maximum absolute atomic E-state index is 13.1. The maximum atomic E-state index is 13.1. The van der Waals surface area contributed by atoms with E-state index < -0.39 is 10.7 Å². The van der Waals surface area contributed by atoms with Crippen LogP contribution in [0, 0.1) is 15.9 Å². The second kappa shape index (κ2) is 4.18. The van der Waals surface area contributed by atoms with Gasteiger partial charge in [-0.1, -0.05) is 23.7 Å². The first-order valence-electron chi connectivity index (χ1n) is 3.66. The quantitative estimate of drug-likeness (QED) is 0.559. The van der Waals surface area contributed by atoms with Crippen molar-refractivity contribution in [2.45, 2.75) is 6.42 Å². The van der Waals surface area contributed by atoms with Gasteiger partial charge in [0.05, 0.1) is 5.02 Å². The van der Waals surface area contributed by atoms with Gasteiger partial charge in [0.1, 0.15) is 5.82 Å². The Kier molecular flexibility index (Phi) is 3.19. The summed E-state index contributed by atoms with van der Waals surface area (Å²) in [5.74, 6) is -0.564. The molecule has 0 heterocycles. The number of hydrogen-bond acceptors (Lipinski definition) is 2. The summed E-state index contributed by atoms with van der Waals surface area (Å²) in [7, 11) is 0. The highest BCUT2D eigenvalue weighted by atomic mass is 35.5. The molecule has 0 amide bonds. The number of rotatable bonds is 3. The van der Waals surface area contributed by atoms with Crippen molar-refractivity contribution >= 4 is 11.6 Å². The van der Waals surface area contributed by atoms with Crippen molar-refractivity contribution in [2.75, 3.05) is 6.54 Å². The first-order valence-corrected chi connectivity index (χ1v) is 4.03. The fourth-order valence-electron chi connectivity index (χ4n) is 0.953. The third-order valence-corrected chi connectivity index (χ3v) is 1.89. The standard InChI is InChI=1S/C8H7ClFNO2/c9-7-3-1-2-6(8(7)10)4-5-11(12)13/h1-3H,4-5H2. The first-order chi connectivity index (χ1) is 6.11. The summed E-state index contributed by atoms with van der Waals surface area (Å²) < 4.78 is 13.1. The molecule has 0 radical (unpaired) electrons. The van der Waals surface area contributed by atoms with Crippen molar-refractivity contribution in [1.29, 1.82) is 0 Å². The predicted octanol–water partition coefficient (Wildman–Crippen LogP) is 2.30. The highest BCUT2D eigenvalue weighted by molar-refractivity contribution is 6.30. The highest BCUT2D eigenvalue weighted by Crippen LogP contribution is 2.17. The summed E-state index contributed by atoms with van der Waals surface area (Å²) in [5, 5.41) is 10.0. The van der Waals surface area contributed by atoms with Crippen LogP contribution in [0.1, 0.15) is 5.56 Å². The topological polar surface area (TPSA) is 43.1 Å². The van der Waals surface area contributed by atoms with Gasteiger partial charge >= 0.3 is 0 Å². The molecule has 0 unspecified atom stereocenters. The molecule has 1 rings (SSSR count). The Hall–Kier alpha value is -1.16. The predicted molar refractivity (Wildman–Crippen MR) is 47.0 cm³/mol. The normalized spacial score (nSPS) is 10.0. The Morgan fingerprint density at radius 2 is 2.23 bits per heavy atom. The van der Waals surface area contributed by atoms with E-state index in [1.54, 1.807) is 6.07 Å². The zero-order valence-corrected chi connectivity index (χ0v) is 7.42. The number of halogens is 2. The van der Waals surface area contributed by atoms with Crippen LogP contribution in [0.15, 0.2) is 18.2 Å². The molecule has 0 N–H and O–H groups in total. The van der Waals surface area contributed by atoms with Crippen LogP contribution in [-0.2, 0) is 6.42 Å². The Labute approximate surface area is 79.3 Å². The SMILES string of the molecule is O=[N+]([O-])CCc1cccc(Cl)c1F. The number of hydrogen-bond donors (Lipinski definition) is 0. The lowest BCUT2D eigenvalue weighted by Gasteiger charge is -2.00. The second-order valence-electron chi connectivity index (χ2n) is 2.52. The molecule has 0 saturated heterocycles. The van der Waals surface area contributed by atoms with Crippen molar-refractivity contribution in [3.8, 4) is 0 Å². The minimum Gasteiger partial charge on any atom is -0.265 e. The van der Waals surface area contributed by atoms with E-state index in [1.807, 2.05) is 0 Å². The van der Waals surface area contributed by atoms with Crippen molar-refractivity contribution in [3.05, 3.63) is 44.7 Å². The van der Waals surface area contributed by atoms with Crippen molar-refractivity contribution < 1.29 is 9.31 Å². The largest absolute Gasteiger partial charge is 0.265 e. The van der Waals surface area contributed by atoms with Gasteiger partial charge in [0, 0.05) is 11.3 Å². The summed E-state index contributed by atoms with van der Waals surface area (Å²) in [6, 6.07) is 4.47. The van der Waals surface area contributed by atoms with Crippen LogP contribution in [0.25, 0.3) is 0 Å². The third-order valence-electron chi connectivity index (χ3n) is 1.60.